The summed E-state index contributed by atoms with van der Waals surface area (Å²) in [6.45, 7) is 6.05. The number of likely N-dealkylation sites (tertiary alicyclic amines) is 1. The van der Waals surface area contributed by atoms with Crippen LogP contribution in [0.25, 0.3) is 22.2 Å². The third kappa shape index (κ3) is 3.97. The van der Waals surface area contributed by atoms with E-state index in [0.29, 0.717) is 11.8 Å². The maximum atomic E-state index is 14.7. The van der Waals surface area contributed by atoms with Crippen molar-refractivity contribution in [2.45, 2.75) is 12.5 Å². The van der Waals surface area contributed by atoms with Gasteiger partial charge in [-0.15, -0.1) is 0 Å². The van der Waals surface area contributed by atoms with Gasteiger partial charge in [-0.25, -0.2) is 9.37 Å². The van der Waals surface area contributed by atoms with Gasteiger partial charge in [0.25, 0.3) is 0 Å². The Kier molecular flexibility index (Phi) is 5.54. The number of pyridine rings is 1. The van der Waals surface area contributed by atoms with E-state index >= 15 is 0 Å². The summed E-state index contributed by atoms with van der Waals surface area (Å²) in [4.78, 5) is 9.78. The van der Waals surface area contributed by atoms with Gasteiger partial charge in [0, 0.05) is 55.4 Å². The molecule has 3 aromatic rings. The molecule has 34 heavy (non-hydrogen) atoms. The molecule has 2 unspecified atom stereocenters. The predicted octanol–water partition coefficient (Wildman–Crippen LogP) is 3.79. The van der Waals surface area contributed by atoms with Crippen LogP contribution < -0.4 is 19.7 Å². The van der Waals surface area contributed by atoms with Crippen LogP contribution in [0.3, 0.4) is 0 Å². The van der Waals surface area contributed by atoms with Gasteiger partial charge in [-0.05, 0) is 68.2 Å². The maximum Gasteiger partial charge on any atom is 0.165 e. The van der Waals surface area contributed by atoms with Gasteiger partial charge >= 0.3 is 0 Å². The average Bonchev–Trinajstić information content (AvgIpc) is 3.24. The Morgan fingerprint density at radius 1 is 1.03 bits per heavy atom. The van der Waals surface area contributed by atoms with Gasteiger partial charge in [0.2, 0.25) is 0 Å². The number of rotatable bonds is 5. The van der Waals surface area contributed by atoms with Gasteiger partial charge < -0.3 is 24.6 Å². The molecule has 0 radical (unpaired) electrons. The lowest BCUT2D eigenvalue weighted by molar-refractivity contribution is 0.142. The molecule has 3 aliphatic rings. The first-order chi connectivity index (χ1) is 16.6. The lowest BCUT2D eigenvalue weighted by Crippen LogP contribution is -2.50. The molecule has 3 saturated heterocycles. The first-order valence-corrected chi connectivity index (χ1v) is 12.2. The van der Waals surface area contributed by atoms with Crippen molar-refractivity contribution in [1.29, 1.82) is 0 Å². The molecule has 2 atom stereocenters. The number of ether oxygens (including phenoxy) is 2. The van der Waals surface area contributed by atoms with Crippen molar-refractivity contribution in [3.63, 3.8) is 0 Å². The van der Waals surface area contributed by atoms with Crippen molar-refractivity contribution in [2.75, 3.05) is 58.3 Å². The van der Waals surface area contributed by atoms with Crippen LogP contribution in [0.4, 0.5) is 10.1 Å². The van der Waals surface area contributed by atoms with Crippen molar-refractivity contribution in [1.82, 2.24) is 15.2 Å². The molecule has 1 aromatic heterocycles. The van der Waals surface area contributed by atoms with Crippen molar-refractivity contribution >= 4 is 16.6 Å². The SMILES string of the molecule is COc1cc2nc(-c3ccc(OC4CNC4)cc3)cc(N3CC4CCN(C)CC4C3)c2cc1F. The third-order valence-electron chi connectivity index (χ3n) is 7.60. The van der Waals surface area contributed by atoms with E-state index in [9.17, 15) is 4.39 Å². The summed E-state index contributed by atoms with van der Waals surface area (Å²) in [6, 6.07) is 13.5. The quantitative estimate of drug-likeness (QED) is 0.623. The van der Waals surface area contributed by atoms with Gasteiger partial charge in [0.15, 0.2) is 11.6 Å². The molecule has 3 fully saturated rings. The third-order valence-corrected chi connectivity index (χ3v) is 7.60. The lowest BCUT2D eigenvalue weighted by Gasteiger charge is -2.31. The Balaban J connectivity index is 1.38. The monoisotopic (exact) mass is 462 g/mol. The fourth-order valence-electron chi connectivity index (χ4n) is 5.56. The van der Waals surface area contributed by atoms with Crippen LogP contribution in [0, 0.1) is 17.7 Å². The van der Waals surface area contributed by atoms with Gasteiger partial charge in [-0.1, -0.05) is 0 Å². The molecule has 3 aliphatic heterocycles. The van der Waals surface area contributed by atoms with Gasteiger partial charge in [0.1, 0.15) is 11.9 Å². The number of nitrogens with zero attached hydrogens (tertiary/aromatic N) is 3. The second-order valence-corrected chi connectivity index (χ2v) is 9.93. The molecule has 178 valence electrons. The highest BCUT2D eigenvalue weighted by Gasteiger charge is 2.37. The molecule has 6 nitrogen and oxygen atoms in total. The number of benzene rings is 2. The van der Waals surface area contributed by atoms with Gasteiger partial charge in [-0.3, -0.25) is 0 Å². The lowest BCUT2D eigenvalue weighted by atomic mass is 9.89. The zero-order valence-corrected chi connectivity index (χ0v) is 19.8. The van der Waals surface area contributed by atoms with E-state index in [2.05, 4.69) is 40.4 Å². The number of anilines is 1. The highest BCUT2D eigenvalue weighted by atomic mass is 19.1. The molecule has 0 amide bonds. The average molecular weight is 463 g/mol. The summed E-state index contributed by atoms with van der Waals surface area (Å²) in [5.41, 5.74) is 3.69. The summed E-state index contributed by atoms with van der Waals surface area (Å²) in [5, 5.41) is 4.06. The van der Waals surface area contributed by atoms with Crippen molar-refractivity contribution in [3.8, 4) is 22.8 Å². The van der Waals surface area contributed by atoms with E-state index in [1.54, 1.807) is 12.1 Å². The zero-order valence-electron chi connectivity index (χ0n) is 19.8. The Labute approximate surface area is 199 Å². The fraction of sp³-hybridized carbons (Fsp3) is 0.444. The topological polar surface area (TPSA) is 49.9 Å². The summed E-state index contributed by atoms with van der Waals surface area (Å²) in [7, 11) is 3.70. The Morgan fingerprint density at radius 2 is 1.82 bits per heavy atom. The van der Waals surface area contributed by atoms with Crippen molar-refractivity contribution in [2.24, 2.45) is 11.8 Å². The highest BCUT2D eigenvalue weighted by Crippen LogP contribution is 2.39. The van der Waals surface area contributed by atoms with Crippen LogP contribution in [0.1, 0.15) is 6.42 Å². The van der Waals surface area contributed by atoms with Crippen LogP contribution in [-0.4, -0.2) is 69.4 Å². The predicted molar refractivity (Wildman–Crippen MR) is 132 cm³/mol. The minimum absolute atomic E-state index is 0.220. The number of hydrogen-bond acceptors (Lipinski definition) is 6. The number of fused-ring (bicyclic) bond motifs is 2. The molecule has 2 aromatic carbocycles. The molecule has 0 saturated carbocycles. The van der Waals surface area contributed by atoms with Crippen LogP contribution >= 0.6 is 0 Å². The molecule has 0 aliphatic carbocycles. The van der Waals surface area contributed by atoms with E-state index in [1.165, 1.54) is 13.5 Å². The summed E-state index contributed by atoms with van der Waals surface area (Å²) in [6.07, 6.45) is 1.46. The number of halogens is 1. The van der Waals surface area contributed by atoms with Crippen molar-refractivity contribution < 1.29 is 13.9 Å². The summed E-state index contributed by atoms with van der Waals surface area (Å²) in [5.74, 6) is 2.06. The normalized spacial score (nSPS) is 23.1. The number of nitrogens with one attached hydrogen (secondary N) is 1. The van der Waals surface area contributed by atoms with E-state index in [-0.39, 0.29) is 17.7 Å². The van der Waals surface area contributed by atoms with Gasteiger partial charge in [0.05, 0.1) is 18.3 Å². The number of aromatic nitrogens is 1. The largest absolute Gasteiger partial charge is 0.494 e. The Bertz CT molecular complexity index is 1200. The fourth-order valence-corrected chi connectivity index (χ4v) is 5.56. The second-order valence-electron chi connectivity index (χ2n) is 9.93. The standard InChI is InChI=1S/C27H31FN4O2/c1-31-8-7-18-15-32(16-19(18)14-31)26-10-24(30-25-11-27(33-2)23(28)9-22(25)26)17-3-5-20(6-4-17)34-21-12-29-13-21/h3-6,9-11,18-19,21,29H,7-8,12-16H2,1-2H3. The van der Waals surface area contributed by atoms with E-state index in [1.807, 2.05) is 12.1 Å². The van der Waals surface area contributed by atoms with Gasteiger partial charge in [-0.2, -0.15) is 0 Å². The minimum Gasteiger partial charge on any atom is -0.494 e. The zero-order chi connectivity index (χ0) is 23.2. The van der Waals surface area contributed by atoms with E-state index in [4.69, 9.17) is 14.5 Å². The Morgan fingerprint density at radius 3 is 2.56 bits per heavy atom. The molecule has 0 bridgehead atoms. The molecule has 4 heterocycles. The highest BCUT2D eigenvalue weighted by molar-refractivity contribution is 5.95. The maximum absolute atomic E-state index is 14.7. The minimum atomic E-state index is -0.353. The molecular formula is C27H31FN4O2. The molecule has 1 N–H and O–H groups in total. The number of hydrogen-bond donors (Lipinski definition) is 1. The second kappa shape index (κ2) is 8.71. The first-order valence-electron chi connectivity index (χ1n) is 12.2. The van der Waals surface area contributed by atoms with Crippen LogP contribution in [-0.2, 0) is 0 Å². The van der Waals surface area contributed by atoms with Crippen LogP contribution in [0.2, 0.25) is 0 Å². The smallest absolute Gasteiger partial charge is 0.165 e. The number of piperidine rings is 1. The van der Waals surface area contributed by atoms with E-state index < -0.39 is 0 Å². The number of methoxy groups -OCH3 is 1. The molecule has 0 spiro atoms. The summed E-state index contributed by atoms with van der Waals surface area (Å²) >= 11 is 0. The van der Waals surface area contributed by atoms with Crippen LogP contribution in [0.15, 0.2) is 42.5 Å². The molecule has 6 rings (SSSR count). The summed E-state index contributed by atoms with van der Waals surface area (Å²) < 4.78 is 26.0. The molecular weight excluding hydrogens is 431 g/mol. The first kappa shape index (κ1) is 21.6. The van der Waals surface area contributed by atoms with Crippen molar-refractivity contribution in [3.05, 3.63) is 48.3 Å². The van der Waals surface area contributed by atoms with Crippen LogP contribution in [0.5, 0.6) is 11.5 Å². The van der Waals surface area contributed by atoms with E-state index in [0.717, 1.165) is 72.9 Å². The Hall–Kier alpha value is -2.90. The molecule has 7 heteroatoms.